The van der Waals surface area contributed by atoms with Crippen molar-refractivity contribution < 1.29 is 9.32 Å². The Bertz CT molecular complexity index is 544. The van der Waals surface area contributed by atoms with Gasteiger partial charge in [0, 0.05) is 49.8 Å². The summed E-state index contributed by atoms with van der Waals surface area (Å²) in [6.45, 7) is 1.66. The fourth-order valence-electron chi connectivity index (χ4n) is 2.32. The van der Waals surface area contributed by atoms with Gasteiger partial charge in [-0.15, -0.1) is 0 Å². The number of carbonyl (C=O) groups excluding carboxylic acids is 1. The highest BCUT2D eigenvalue weighted by Crippen LogP contribution is 2.46. The van der Waals surface area contributed by atoms with Crippen LogP contribution in [0.2, 0.25) is 0 Å². The van der Waals surface area contributed by atoms with Crippen LogP contribution in [0, 0.1) is 5.41 Å². The minimum absolute atomic E-state index is 0.0679. The number of nitrogens with zero attached hydrogens (tertiary/aromatic N) is 3. The van der Waals surface area contributed by atoms with E-state index in [-0.39, 0.29) is 11.3 Å². The van der Waals surface area contributed by atoms with Crippen LogP contribution in [0.1, 0.15) is 25.0 Å². The molecular formula is C14H18N4O2. The number of hydrogen-bond acceptors (Lipinski definition) is 4. The highest BCUT2D eigenvalue weighted by atomic mass is 16.5. The molecule has 1 amide bonds. The van der Waals surface area contributed by atoms with Gasteiger partial charge in [-0.3, -0.25) is 4.79 Å². The summed E-state index contributed by atoms with van der Waals surface area (Å²) >= 11 is 0. The fourth-order valence-corrected chi connectivity index (χ4v) is 2.32. The molecule has 0 saturated heterocycles. The molecule has 1 N–H and O–H groups in total. The van der Waals surface area contributed by atoms with Gasteiger partial charge in [0.25, 0.3) is 0 Å². The van der Waals surface area contributed by atoms with E-state index in [9.17, 15) is 4.79 Å². The van der Waals surface area contributed by atoms with Crippen LogP contribution < -0.4 is 5.32 Å². The Balaban J connectivity index is 1.41. The van der Waals surface area contributed by atoms with Crippen molar-refractivity contribution in [2.24, 2.45) is 5.41 Å². The normalized spacial score (nSPS) is 16.0. The van der Waals surface area contributed by atoms with E-state index < -0.39 is 0 Å². The first-order chi connectivity index (χ1) is 9.76. The largest absolute Gasteiger partial charge is 0.361 e. The lowest BCUT2D eigenvalue weighted by molar-refractivity contribution is -0.121. The van der Waals surface area contributed by atoms with Gasteiger partial charge < -0.3 is 14.4 Å². The van der Waals surface area contributed by atoms with E-state index in [2.05, 4.69) is 20.0 Å². The van der Waals surface area contributed by atoms with E-state index >= 15 is 0 Å². The summed E-state index contributed by atoms with van der Waals surface area (Å²) in [4.78, 5) is 15.9. The summed E-state index contributed by atoms with van der Waals surface area (Å²) in [5.41, 5.74) is 0.225. The maximum Gasteiger partial charge on any atom is 0.220 e. The molecule has 1 aliphatic rings. The van der Waals surface area contributed by atoms with Crippen LogP contribution in [0.3, 0.4) is 0 Å². The molecular weight excluding hydrogens is 256 g/mol. The molecule has 1 saturated carbocycles. The Morgan fingerprint density at radius 3 is 3.00 bits per heavy atom. The second kappa shape index (κ2) is 5.48. The van der Waals surface area contributed by atoms with Gasteiger partial charge in [0.15, 0.2) is 0 Å². The molecule has 0 aliphatic heterocycles. The van der Waals surface area contributed by atoms with Crippen molar-refractivity contribution in [1.29, 1.82) is 0 Å². The van der Waals surface area contributed by atoms with Crippen molar-refractivity contribution in [3.05, 3.63) is 36.7 Å². The molecule has 1 fully saturated rings. The Hall–Kier alpha value is -2.11. The van der Waals surface area contributed by atoms with Crippen LogP contribution >= 0.6 is 0 Å². The maximum absolute atomic E-state index is 11.8. The van der Waals surface area contributed by atoms with Gasteiger partial charge in [0.1, 0.15) is 5.76 Å². The second-order valence-corrected chi connectivity index (χ2v) is 5.49. The summed E-state index contributed by atoms with van der Waals surface area (Å²) in [7, 11) is 0. The van der Waals surface area contributed by atoms with Gasteiger partial charge in [0.05, 0.1) is 12.5 Å². The number of aryl methyl sites for hydroxylation is 1. The van der Waals surface area contributed by atoms with Crippen molar-refractivity contribution in [2.45, 2.75) is 32.2 Å². The van der Waals surface area contributed by atoms with E-state index in [0.29, 0.717) is 12.8 Å². The molecule has 2 aromatic heterocycles. The molecule has 2 heterocycles. The molecule has 6 heteroatoms. The van der Waals surface area contributed by atoms with Crippen LogP contribution in [0.15, 0.2) is 35.5 Å². The van der Waals surface area contributed by atoms with Gasteiger partial charge in [0.2, 0.25) is 5.91 Å². The number of amides is 1. The number of imidazole rings is 1. The van der Waals surface area contributed by atoms with E-state index in [4.69, 9.17) is 4.52 Å². The van der Waals surface area contributed by atoms with Crippen LogP contribution in [-0.4, -0.2) is 27.2 Å². The van der Waals surface area contributed by atoms with Crippen molar-refractivity contribution in [1.82, 2.24) is 20.0 Å². The quantitative estimate of drug-likeness (QED) is 0.828. The predicted molar refractivity (Wildman–Crippen MR) is 71.7 cm³/mol. The van der Waals surface area contributed by atoms with E-state index in [1.807, 2.05) is 12.5 Å². The highest BCUT2D eigenvalue weighted by molar-refractivity contribution is 5.76. The molecule has 0 radical (unpaired) electrons. The third-order valence-electron chi connectivity index (χ3n) is 3.78. The second-order valence-electron chi connectivity index (χ2n) is 5.49. The monoisotopic (exact) mass is 274 g/mol. The number of carbonyl (C=O) groups is 1. The molecule has 3 rings (SSSR count). The number of aromatic nitrogens is 3. The van der Waals surface area contributed by atoms with E-state index in [1.54, 1.807) is 18.5 Å². The summed E-state index contributed by atoms with van der Waals surface area (Å²) in [5, 5.41) is 6.65. The van der Waals surface area contributed by atoms with Gasteiger partial charge in [-0.05, 0) is 12.8 Å². The first-order valence-electron chi connectivity index (χ1n) is 6.88. The number of rotatable bonds is 7. The Labute approximate surface area is 117 Å². The van der Waals surface area contributed by atoms with E-state index in [0.717, 1.165) is 31.7 Å². The van der Waals surface area contributed by atoms with E-state index in [1.165, 1.54) is 0 Å². The SMILES string of the molecule is O=C(CCc1ccno1)NCC1(Cn2ccnc2)CC1. The molecule has 0 atom stereocenters. The topological polar surface area (TPSA) is 73.0 Å². The Morgan fingerprint density at radius 1 is 1.45 bits per heavy atom. The third kappa shape index (κ3) is 3.26. The lowest BCUT2D eigenvalue weighted by Gasteiger charge is -2.16. The summed E-state index contributed by atoms with van der Waals surface area (Å²) in [6, 6.07) is 1.79. The average Bonchev–Trinajstić information content (AvgIpc) is 2.88. The lowest BCUT2D eigenvalue weighted by Crippen LogP contribution is -2.32. The standard InChI is InChI=1S/C14H18N4O2/c19-13(2-1-12-3-6-17-20-12)16-9-14(4-5-14)10-18-8-7-15-11-18/h3,6-8,11H,1-2,4-5,9-10H2,(H,16,19). The Kier molecular flexibility index (Phi) is 3.54. The average molecular weight is 274 g/mol. The number of nitrogens with one attached hydrogen (secondary N) is 1. The van der Waals surface area contributed by atoms with Gasteiger partial charge >= 0.3 is 0 Å². The molecule has 0 bridgehead atoms. The molecule has 106 valence electrons. The molecule has 1 aliphatic carbocycles. The molecule has 20 heavy (non-hydrogen) atoms. The van der Waals surface area contributed by atoms with Crippen LogP contribution in [0.25, 0.3) is 0 Å². The van der Waals surface area contributed by atoms with Gasteiger partial charge in [-0.1, -0.05) is 5.16 Å². The van der Waals surface area contributed by atoms with Crippen LogP contribution in [0.5, 0.6) is 0 Å². The summed E-state index contributed by atoms with van der Waals surface area (Å²) in [6.07, 6.45) is 10.5. The van der Waals surface area contributed by atoms with Crippen LogP contribution in [0.4, 0.5) is 0 Å². The predicted octanol–water partition coefficient (Wildman–Crippen LogP) is 1.40. The maximum atomic E-state index is 11.8. The lowest BCUT2D eigenvalue weighted by atomic mass is 10.1. The minimum Gasteiger partial charge on any atom is -0.361 e. The first kappa shape index (κ1) is 12.9. The zero-order valence-corrected chi connectivity index (χ0v) is 11.3. The number of hydrogen-bond donors (Lipinski definition) is 1. The van der Waals surface area contributed by atoms with Crippen molar-refractivity contribution >= 4 is 5.91 Å². The van der Waals surface area contributed by atoms with Gasteiger partial charge in [-0.2, -0.15) is 0 Å². The fraction of sp³-hybridized carbons (Fsp3) is 0.500. The Morgan fingerprint density at radius 2 is 2.35 bits per heavy atom. The molecule has 0 unspecified atom stereocenters. The van der Waals surface area contributed by atoms with Gasteiger partial charge in [-0.25, -0.2) is 4.98 Å². The molecule has 0 aromatic carbocycles. The highest BCUT2D eigenvalue weighted by Gasteiger charge is 2.42. The van der Waals surface area contributed by atoms with Crippen molar-refractivity contribution in [3.63, 3.8) is 0 Å². The zero-order valence-electron chi connectivity index (χ0n) is 11.3. The van der Waals surface area contributed by atoms with Crippen LogP contribution in [-0.2, 0) is 17.8 Å². The smallest absolute Gasteiger partial charge is 0.220 e. The third-order valence-corrected chi connectivity index (χ3v) is 3.78. The van der Waals surface area contributed by atoms with Crippen molar-refractivity contribution in [3.8, 4) is 0 Å². The summed E-state index contributed by atoms with van der Waals surface area (Å²) in [5.74, 6) is 0.818. The summed E-state index contributed by atoms with van der Waals surface area (Å²) < 4.78 is 7.05. The first-order valence-corrected chi connectivity index (χ1v) is 6.88. The molecule has 0 spiro atoms. The molecule has 2 aromatic rings. The minimum atomic E-state index is 0.0679. The molecule has 6 nitrogen and oxygen atoms in total. The van der Waals surface area contributed by atoms with Crippen molar-refractivity contribution in [2.75, 3.05) is 6.54 Å². The zero-order chi connectivity index (χ0) is 13.8.